The van der Waals surface area contributed by atoms with Crippen molar-refractivity contribution in [2.75, 3.05) is 11.1 Å². The first-order valence-electron chi connectivity index (χ1n) is 9.51. The van der Waals surface area contributed by atoms with Gasteiger partial charge in [-0.15, -0.1) is 10.2 Å². The molecule has 0 saturated carbocycles. The van der Waals surface area contributed by atoms with Gasteiger partial charge in [-0.2, -0.15) is 0 Å². The molecule has 0 spiro atoms. The number of nitrogens with zero attached hydrogens (tertiary/aromatic N) is 4. The summed E-state index contributed by atoms with van der Waals surface area (Å²) in [6.45, 7) is 4.34. The zero-order chi connectivity index (χ0) is 23.3. The maximum absolute atomic E-state index is 12.4. The third kappa shape index (κ3) is 5.70. The van der Waals surface area contributed by atoms with Gasteiger partial charge in [0, 0.05) is 18.7 Å². The SMILES string of the molecule is CCn1c(SCC(=O)Nc2cc([N+](=O)[O-])ccc2Cl)nnc1C(C)Oc1ccccc1Cl. The summed E-state index contributed by atoms with van der Waals surface area (Å²) in [4.78, 5) is 22.8. The number of carbonyl (C=O) groups excluding carboxylic acids is 1. The number of hydrogen-bond acceptors (Lipinski definition) is 7. The summed E-state index contributed by atoms with van der Waals surface area (Å²) in [5.74, 6) is 0.758. The summed E-state index contributed by atoms with van der Waals surface area (Å²) in [6.07, 6.45) is -0.422. The van der Waals surface area contributed by atoms with Crippen LogP contribution < -0.4 is 10.1 Å². The van der Waals surface area contributed by atoms with Crippen LogP contribution in [0.25, 0.3) is 0 Å². The molecule has 1 atom stereocenters. The standard InChI is InChI=1S/C20H19Cl2N5O4S/c1-3-26-19(12(2)31-17-7-5-4-6-15(17)22)24-25-20(26)32-11-18(28)23-16-10-13(27(29)30)8-9-14(16)21/h4-10,12H,3,11H2,1-2H3,(H,23,28). The van der Waals surface area contributed by atoms with Crippen LogP contribution in [0.4, 0.5) is 11.4 Å². The number of hydrogen-bond donors (Lipinski definition) is 1. The molecular weight excluding hydrogens is 477 g/mol. The first kappa shape index (κ1) is 23.8. The summed E-state index contributed by atoms with van der Waals surface area (Å²) in [5, 5.41) is 23.2. The molecule has 0 radical (unpaired) electrons. The van der Waals surface area contributed by atoms with Crippen molar-refractivity contribution in [1.82, 2.24) is 14.8 Å². The highest BCUT2D eigenvalue weighted by Gasteiger charge is 2.20. The predicted molar refractivity (Wildman–Crippen MR) is 124 cm³/mol. The number of ether oxygens (including phenoxy) is 1. The van der Waals surface area contributed by atoms with E-state index in [4.69, 9.17) is 27.9 Å². The molecule has 32 heavy (non-hydrogen) atoms. The molecule has 1 unspecified atom stereocenters. The van der Waals surface area contributed by atoms with E-state index in [2.05, 4.69) is 15.5 Å². The minimum absolute atomic E-state index is 0.0108. The molecule has 1 heterocycles. The van der Waals surface area contributed by atoms with E-state index in [1.807, 2.05) is 30.5 Å². The Morgan fingerprint density at radius 2 is 2.00 bits per heavy atom. The highest BCUT2D eigenvalue weighted by atomic mass is 35.5. The third-order valence-corrected chi connectivity index (χ3v) is 5.94. The van der Waals surface area contributed by atoms with Crippen molar-refractivity contribution < 1.29 is 14.5 Å². The molecule has 168 valence electrons. The van der Waals surface area contributed by atoms with Gasteiger partial charge in [0.05, 0.1) is 26.4 Å². The van der Waals surface area contributed by atoms with E-state index in [9.17, 15) is 14.9 Å². The monoisotopic (exact) mass is 495 g/mol. The minimum Gasteiger partial charge on any atom is -0.481 e. The van der Waals surface area contributed by atoms with E-state index in [0.717, 1.165) is 0 Å². The summed E-state index contributed by atoms with van der Waals surface area (Å²) in [6, 6.07) is 11.0. The quantitative estimate of drug-likeness (QED) is 0.240. The van der Waals surface area contributed by atoms with Crippen LogP contribution in [-0.2, 0) is 11.3 Å². The second-order valence-electron chi connectivity index (χ2n) is 6.53. The number of para-hydroxylation sites is 1. The molecule has 1 N–H and O–H groups in total. The highest BCUT2D eigenvalue weighted by molar-refractivity contribution is 7.99. The lowest BCUT2D eigenvalue weighted by atomic mass is 10.3. The van der Waals surface area contributed by atoms with E-state index in [-0.39, 0.29) is 28.1 Å². The largest absolute Gasteiger partial charge is 0.481 e. The lowest BCUT2D eigenvalue weighted by molar-refractivity contribution is -0.384. The lowest BCUT2D eigenvalue weighted by Gasteiger charge is -2.16. The number of benzene rings is 2. The molecule has 2 aromatic carbocycles. The van der Waals surface area contributed by atoms with Gasteiger partial charge in [0.15, 0.2) is 17.1 Å². The maximum atomic E-state index is 12.4. The van der Waals surface area contributed by atoms with Gasteiger partial charge >= 0.3 is 0 Å². The van der Waals surface area contributed by atoms with Gasteiger partial charge in [0.25, 0.3) is 5.69 Å². The first-order chi connectivity index (χ1) is 15.3. The average Bonchev–Trinajstić information content (AvgIpc) is 3.18. The highest BCUT2D eigenvalue weighted by Crippen LogP contribution is 2.30. The summed E-state index contributed by atoms with van der Waals surface area (Å²) < 4.78 is 7.77. The Morgan fingerprint density at radius 1 is 1.25 bits per heavy atom. The predicted octanol–water partition coefficient (Wildman–Crippen LogP) is 5.38. The summed E-state index contributed by atoms with van der Waals surface area (Å²) >= 11 is 13.4. The zero-order valence-corrected chi connectivity index (χ0v) is 19.4. The molecule has 0 fully saturated rings. The molecule has 9 nitrogen and oxygen atoms in total. The van der Waals surface area contributed by atoms with E-state index >= 15 is 0 Å². The van der Waals surface area contributed by atoms with Gasteiger partial charge in [-0.25, -0.2) is 0 Å². The van der Waals surface area contributed by atoms with Gasteiger partial charge in [-0.05, 0) is 32.0 Å². The number of nitrogens with one attached hydrogen (secondary N) is 1. The van der Waals surface area contributed by atoms with Crippen LogP contribution in [0.2, 0.25) is 10.0 Å². The number of carbonyl (C=O) groups is 1. The molecular formula is C20H19Cl2N5O4S. The fourth-order valence-corrected chi connectivity index (χ4v) is 3.98. The molecule has 0 aliphatic heterocycles. The molecule has 0 aliphatic rings. The molecule has 0 saturated heterocycles. The van der Waals surface area contributed by atoms with Gasteiger partial charge in [-0.1, -0.05) is 47.1 Å². The van der Waals surface area contributed by atoms with Gasteiger partial charge in [-0.3, -0.25) is 14.9 Å². The first-order valence-corrected chi connectivity index (χ1v) is 11.2. The van der Waals surface area contributed by atoms with E-state index in [1.165, 1.54) is 30.0 Å². The fraction of sp³-hybridized carbons (Fsp3) is 0.250. The number of non-ortho nitro benzene ring substituents is 1. The average molecular weight is 496 g/mol. The maximum Gasteiger partial charge on any atom is 0.271 e. The van der Waals surface area contributed by atoms with E-state index in [0.29, 0.717) is 28.3 Å². The van der Waals surface area contributed by atoms with Crippen molar-refractivity contribution in [3.8, 4) is 5.75 Å². The van der Waals surface area contributed by atoms with Crippen molar-refractivity contribution >= 4 is 52.2 Å². The zero-order valence-electron chi connectivity index (χ0n) is 17.1. The Bertz CT molecular complexity index is 1140. The fourth-order valence-electron chi connectivity index (χ4n) is 2.83. The Morgan fingerprint density at radius 3 is 2.69 bits per heavy atom. The smallest absolute Gasteiger partial charge is 0.271 e. The normalized spacial score (nSPS) is 11.8. The van der Waals surface area contributed by atoms with Gasteiger partial charge in [0.2, 0.25) is 5.91 Å². The van der Waals surface area contributed by atoms with Crippen LogP contribution >= 0.6 is 35.0 Å². The Balaban J connectivity index is 1.66. The molecule has 3 aromatic rings. The van der Waals surface area contributed by atoms with Crippen molar-refractivity contribution in [3.63, 3.8) is 0 Å². The number of rotatable bonds is 9. The van der Waals surface area contributed by atoms with Gasteiger partial charge in [0.1, 0.15) is 5.75 Å². The van der Waals surface area contributed by atoms with Crippen molar-refractivity contribution in [2.24, 2.45) is 0 Å². The summed E-state index contributed by atoms with van der Waals surface area (Å²) in [5.41, 5.74) is 0.00565. The van der Waals surface area contributed by atoms with Crippen molar-refractivity contribution in [2.45, 2.75) is 31.7 Å². The minimum atomic E-state index is -0.558. The number of anilines is 1. The number of nitro benzene ring substituents is 1. The molecule has 1 aromatic heterocycles. The number of amides is 1. The number of nitro groups is 1. The van der Waals surface area contributed by atoms with E-state index in [1.54, 1.807) is 12.1 Å². The molecule has 12 heteroatoms. The topological polar surface area (TPSA) is 112 Å². The Labute approximate surface area is 198 Å². The Hall–Kier alpha value is -2.82. The molecule has 0 aliphatic carbocycles. The summed E-state index contributed by atoms with van der Waals surface area (Å²) in [7, 11) is 0. The van der Waals surface area contributed by atoms with Crippen LogP contribution in [0.3, 0.4) is 0 Å². The van der Waals surface area contributed by atoms with Crippen LogP contribution in [0.15, 0.2) is 47.6 Å². The second kappa shape index (κ2) is 10.7. The Kier molecular flexibility index (Phi) is 7.94. The van der Waals surface area contributed by atoms with Crippen LogP contribution in [0.1, 0.15) is 25.8 Å². The second-order valence-corrected chi connectivity index (χ2v) is 8.29. The number of halogens is 2. The number of thioether (sulfide) groups is 1. The molecule has 0 bridgehead atoms. The van der Waals surface area contributed by atoms with Crippen molar-refractivity contribution in [3.05, 3.63) is 68.4 Å². The van der Waals surface area contributed by atoms with Crippen LogP contribution in [-0.4, -0.2) is 31.3 Å². The van der Waals surface area contributed by atoms with Gasteiger partial charge < -0.3 is 14.6 Å². The molecule has 1 amide bonds. The number of aromatic nitrogens is 3. The van der Waals surface area contributed by atoms with Crippen LogP contribution in [0.5, 0.6) is 5.75 Å². The van der Waals surface area contributed by atoms with E-state index < -0.39 is 11.0 Å². The lowest BCUT2D eigenvalue weighted by Crippen LogP contribution is -2.16. The van der Waals surface area contributed by atoms with Crippen LogP contribution in [0, 0.1) is 10.1 Å². The molecule has 3 rings (SSSR count). The third-order valence-electron chi connectivity index (χ3n) is 4.33. The van der Waals surface area contributed by atoms with Crippen molar-refractivity contribution in [1.29, 1.82) is 0 Å².